The van der Waals surface area contributed by atoms with Gasteiger partial charge in [-0.15, -0.1) is 0 Å². The number of H-pyrrole nitrogens is 1. The van der Waals surface area contributed by atoms with Crippen molar-refractivity contribution < 1.29 is 4.79 Å². The lowest BCUT2D eigenvalue weighted by Crippen LogP contribution is -2.27. The topological polar surface area (TPSA) is 70.7 Å². The molecule has 18 heavy (non-hydrogen) atoms. The number of carbonyl (C=O) groups is 1. The molecule has 0 saturated carbocycles. The second-order valence-electron chi connectivity index (χ2n) is 3.72. The molecule has 0 radical (unpaired) electrons. The van der Waals surface area contributed by atoms with E-state index in [1.54, 1.807) is 18.2 Å². The van der Waals surface area contributed by atoms with Crippen LogP contribution in [0.2, 0.25) is 10.0 Å². The Morgan fingerprint density at radius 3 is 2.83 bits per heavy atom. The van der Waals surface area contributed by atoms with E-state index in [0.29, 0.717) is 10.0 Å². The third-order valence-corrected chi connectivity index (χ3v) is 2.99. The SMILES string of the molecule is CC(NC(=O)c1cn[nH]n1)c1ccc(Cl)cc1Cl. The van der Waals surface area contributed by atoms with Crippen LogP contribution in [0, 0.1) is 0 Å². The van der Waals surface area contributed by atoms with Gasteiger partial charge >= 0.3 is 0 Å². The molecule has 0 spiro atoms. The van der Waals surface area contributed by atoms with Gasteiger partial charge in [-0.3, -0.25) is 4.79 Å². The predicted molar refractivity (Wildman–Crippen MR) is 68.7 cm³/mol. The van der Waals surface area contributed by atoms with E-state index in [1.807, 2.05) is 6.92 Å². The first-order chi connectivity index (χ1) is 8.58. The monoisotopic (exact) mass is 284 g/mol. The number of aromatic nitrogens is 3. The number of amides is 1. The maximum atomic E-state index is 11.8. The first-order valence-corrected chi connectivity index (χ1v) is 5.95. The normalized spacial score (nSPS) is 12.2. The summed E-state index contributed by atoms with van der Waals surface area (Å²) in [5.41, 5.74) is 1.02. The molecule has 2 aromatic rings. The zero-order chi connectivity index (χ0) is 13.1. The number of rotatable bonds is 3. The molecule has 0 aliphatic rings. The van der Waals surface area contributed by atoms with E-state index < -0.39 is 0 Å². The van der Waals surface area contributed by atoms with E-state index >= 15 is 0 Å². The number of nitrogens with one attached hydrogen (secondary N) is 2. The third-order valence-electron chi connectivity index (χ3n) is 2.42. The number of nitrogens with zero attached hydrogens (tertiary/aromatic N) is 2. The highest BCUT2D eigenvalue weighted by molar-refractivity contribution is 6.35. The molecule has 1 amide bonds. The van der Waals surface area contributed by atoms with Gasteiger partial charge in [0, 0.05) is 10.0 Å². The number of aromatic amines is 1. The largest absolute Gasteiger partial charge is 0.344 e. The maximum absolute atomic E-state index is 11.8. The average Bonchev–Trinajstić information content (AvgIpc) is 2.81. The molecule has 5 nitrogen and oxygen atoms in total. The van der Waals surface area contributed by atoms with Gasteiger partial charge in [0.25, 0.3) is 5.91 Å². The van der Waals surface area contributed by atoms with Crippen LogP contribution in [0.5, 0.6) is 0 Å². The van der Waals surface area contributed by atoms with Gasteiger partial charge in [-0.05, 0) is 24.6 Å². The molecule has 0 aliphatic heterocycles. The molecule has 1 unspecified atom stereocenters. The van der Waals surface area contributed by atoms with Crippen molar-refractivity contribution in [1.29, 1.82) is 0 Å². The second kappa shape index (κ2) is 5.37. The van der Waals surface area contributed by atoms with Crippen LogP contribution in [-0.2, 0) is 0 Å². The Kier molecular flexibility index (Phi) is 3.84. The predicted octanol–water partition coefficient (Wildman–Crippen LogP) is 2.60. The fourth-order valence-corrected chi connectivity index (χ4v) is 2.08. The van der Waals surface area contributed by atoms with Gasteiger partial charge in [-0.1, -0.05) is 29.3 Å². The molecular formula is C11H10Cl2N4O. The van der Waals surface area contributed by atoms with Crippen LogP contribution in [0.3, 0.4) is 0 Å². The van der Waals surface area contributed by atoms with Gasteiger partial charge in [0.15, 0.2) is 5.69 Å². The van der Waals surface area contributed by atoms with Crippen LogP contribution in [0.15, 0.2) is 24.4 Å². The smallest absolute Gasteiger partial charge is 0.273 e. The molecule has 0 bridgehead atoms. The summed E-state index contributed by atoms with van der Waals surface area (Å²) in [7, 11) is 0. The lowest BCUT2D eigenvalue weighted by atomic mass is 10.1. The minimum Gasteiger partial charge on any atom is -0.344 e. The summed E-state index contributed by atoms with van der Waals surface area (Å²) < 4.78 is 0. The van der Waals surface area contributed by atoms with Crippen LogP contribution >= 0.6 is 23.2 Å². The van der Waals surface area contributed by atoms with Crippen LogP contribution in [0.1, 0.15) is 29.0 Å². The van der Waals surface area contributed by atoms with Gasteiger partial charge in [-0.2, -0.15) is 15.4 Å². The molecule has 0 saturated heterocycles. The van der Waals surface area contributed by atoms with Crippen molar-refractivity contribution in [3.05, 3.63) is 45.7 Å². The molecule has 1 aromatic heterocycles. The Morgan fingerprint density at radius 1 is 1.44 bits per heavy atom. The first kappa shape index (κ1) is 12.9. The van der Waals surface area contributed by atoms with Gasteiger partial charge in [0.2, 0.25) is 0 Å². The van der Waals surface area contributed by atoms with Crippen molar-refractivity contribution in [2.75, 3.05) is 0 Å². The molecule has 1 heterocycles. The highest BCUT2D eigenvalue weighted by Crippen LogP contribution is 2.26. The van der Waals surface area contributed by atoms with Crippen molar-refractivity contribution in [2.45, 2.75) is 13.0 Å². The minimum absolute atomic E-state index is 0.229. The van der Waals surface area contributed by atoms with E-state index in [4.69, 9.17) is 23.2 Å². The van der Waals surface area contributed by atoms with Crippen LogP contribution in [0.4, 0.5) is 0 Å². The maximum Gasteiger partial charge on any atom is 0.273 e. The highest BCUT2D eigenvalue weighted by atomic mass is 35.5. The van der Waals surface area contributed by atoms with E-state index in [2.05, 4.69) is 20.7 Å². The summed E-state index contributed by atoms with van der Waals surface area (Å²) in [6, 6.07) is 4.89. The summed E-state index contributed by atoms with van der Waals surface area (Å²) >= 11 is 11.9. The molecule has 2 N–H and O–H groups in total. The van der Waals surface area contributed by atoms with Crippen molar-refractivity contribution >= 4 is 29.1 Å². The molecule has 2 rings (SSSR count). The van der Waals surface area contributed by atoms with E-state index in [-0.39, 0.29) is 17.6 Å². The number of hydrogen-bond donors (Lipinski definition) is 2. The standard InChI is InChI=1S/C11H10Cl2N4O/c1-6(8-3-2-7(12)4-9(8)13)15-11(18)10-5-14-17-16-10/h2-6H,1H3,(H,15,18)(H,14,16,17). The minimum atomic E-state index is -0.317. The van der Waals surface area contributed by atoms with E-state index in [0.717, 1.165) is 5.56 Å². The molecular weight excluding hydrogens is 275 g/mol. The van der Waals surface area contributed by atoms with Crippen LogP contribution in [-0.4, -0.2) is 21.3 Å². The number of carbonyl (C=O) groups excluding carboxylic acids is 1. The lowest BCUT2D eigenvalue weighted by molar-refractivity contribution is 0.0935. The zero-order valence-corrected chi connectivity index (χ0v) is 11.0. The Hall–Kier alpha value is -1.59. The number of benzene rings is 1. The fourth-order valence-electron chi connectivity index (χ4n) is 1.51. The fraction of sp³-hybridized carbons (Fsp3) is 0.182. The zero-order valence-electron chi connectivity index (χ0n) is 9.45. The van der Waals surface area contributed by atoms with Crippen LogP contribution < -0.4 is 5.32 Å². The Labute approximate surface area is 113 Å². The molecule has 1 aromatic carbocycles. The Morgan fingerprint density at radius 2 is 2.22 bits per heavy atom. The van der Waals surface area contributed by atoms with Crippen molar-refractivity contribution in [3.8, 4) is 0 Å². The molecule has 1 atom stereocenters. The van der Waals surface area contributed by atoms with Crippen LogP contribution in [0.25, 0.3) is 0 Å². The molecule has 0 fully saturated rings. The Balaban J connectivity index is 2.12. The summed E-state index contributed by atoms with van der Waals surface area (Å²) in [6.45, 7) is 1.83. The van der Waals surface area contributed by atoms with Crippen molar-refractivity contribution in [3.63, 3.8) is 0 Å². The molecule has 0 aliphatic carbocycles. The first-order valence-electron chi connectivity index (χ1n) is 5.19. The lowest BCUT2D eigenvalue weighted by Gasteiger charge is -2.15. The molecule has 7 heteroatoms. The third kappa shape index (κ3) is 2.80. The van der Waals surface area contributed by atoms with Gasteiger partial charge < -0.3 is 5.32 Å². The summed E-state index contributed by atoms with van der Waals surface area (Å²) in [5.74, 6) is -0.317. The van der Waals surface area contributed by atoms with Gasteiger partial charge in [0.05, 0.1) is 12.2 Å². The summed E-state index contributed by atoms with van der Waals surface area (Å²) in [6.07, 6.45) is 1.35. The number of halogens is 2. The highest BCUT2D eigenvalue weighted by Gasteiger charge is 2.15. The van der Waals surface area contributed by atoms with E-state index in [1.165, 1.54) is 6.20 Å². The van der Waals surface area contributed by atoms with Crippen molar-refractivity contribution in [1.82, 2.24) is 20.7 Å². The average molecular weight is 285 g/mol. The summed E-state index contributed by atoms with van der Waals surface area (Å²) in [4.78, 5) is 11.8. The van der Waals surface area contributed by atoms with Gasteiger partial charge in [-0.25, -0.2) is 0 Å². The number of hydrogen-bond acceptors (Lipinski definition) is 3. The Bertz CT molecular complexity index is 556. The second-order valence-corrected chi connectivity index (χ2v) is 4.56. The molecule has 94 valence electrons. The van der Waals surface area contributed by atoms with Gasteiger partial charge in [0.1, 0.15) is 0 Å². The quantitative estimate of drug-likeness (QED) is 0.910. The van der Waals surface area contributed by atoms with E-state index in [9.17, 15) is 4.79 Å². The van der Waals surface area contributed by atoms with Crippen molar-refractivity contribution in [2.24, 2.45) is 0 Å². The summed E-state index contributed by atoms with van der Waals surface area (Å²) in [5, 5.41) is 13.5.